The molecule has 2 aromatic heterocycles. The van der Waals surface area contributed by atoms with Crippen LogP contribution in [0, 0.1) is 17.1 Å². The van der Waals surface area contributed by atoms with Crippen molar-refractivity contribution in [2.75, 3.05) is 5.32 Å². The summed E-state index contributed by atoms with van der Waals surface area (Å²) in [5, 5.41) is 16.3. The van der Waals surface area contributed by atoms with Gasteiger partial charge in [0.2, 0.25) is 0 Å². The highest BCUT2D eigenvalue weighted by atomic mass is 32.2. The summed E-state index contributed by atoms with van der Waals surface area (Å²) < 4.78 is 31.0. The first-order valence-corrected chi connectivity index (χ1v) is 11.1. The number of aromatic nitrogens is 3. The van der Waals surface area contributed by atoms with E-state index >= 15 is 0 Å². The fourth-order valence-electron chi connectivity index (χ4n) is 3.09. The van der Waals surface area contributed by atoms with Crippen molar-refractivity contribution in [3.63, 3.8) is 0 Å². The molecule has 0 aliphatic rings. The van der Waals surface area contributed by atoms with Crippen LogP contribution in [0.5, 0.6) is 0 Å². The van der Waals surface area contributed by atoms with Gasteiger partial charge in [0.15, 0.2) is 16.0 Å². The van der Waals surface area contributed by atoms with Crippen LogP contribution in [0.25, 0.3) is 11.1 Å². The van der Waals surface area contributed by atoms with Gasteiger partial charge in [-0.25, -0.2) is 18.4 Å². The quantitative estimate of drug-likeness (QED) is 0.569. The van der Waals surface area contributed by atoms with Gasteiger partial charge in [-0.05, 0) is 61.2 Å². The Morgan fingerprint density at radius 1 is 1.22 bits per heavy atom. The summed E-state index contributed by atoms with van der Waals surface area (Å²) in [6.45, 7) is 7.59. The third-order valence-electron chi connectivity index (χ3n) is 4.67. The number of amides is 2. The first-order valence-electron chi connectivity index (χ1n) is 9.94. The molecular formula is C22H23FN6O2S. The third-order valence-corrected chi connectivity index (χ3v) is 5.64. The maximum atomic E-state index is 14.4. The fraction of sp³-hybridized carbons (Fsp3) is 0.273. The zero-order valence-corrected chi connectivity index (χ0v) is 18.9. The lowest BCUT2D eigenvalue weighted by Crippen LogP contribution is -2.31. The van der Waals surface area contributed by atoms with Crippen molar-refractivity contribution in [2.45, 2.75) is 44.7 Å². The van der Waals surface area contributed by atoms with Gasteiger partial charge in [-0.1, -0.05) is 13.8 Å². The number of hydrogen-bond donors (Lipinski definition) is 2. The predicted octanol–water partition coefficient (Wildman–Crippen LogP) is 4.50. The summed E-state index contributed by atoms with van der Waals surface area (Å²) in [6, 6.07) is 8.63. The molecular weight excluding hydrogens is 431 g/mol. The minimum Gasteiger partial charge on any atom is -0.306 e. The molecule has 0 aliphatic heterocycles. The van der Waals surface area contributed by atoms with Crippen LogP contribution < -0.4 is 10.0 Å². The molecule has 1 unspecified atom stereocenters. The largest absolute Gasteiger partial charge is 0.331 e. The number of hydrogen-bond acceptors (Lipinski definition) is 5. The molecule has 3 aromatic rings. The number of pyridine rings is 1. The van der Waals surface area contributed by atoms with Crippen molar-refractivity contribution < 1.29 is 13.4 Å². The lowest BCUT2D eigenvalue weighted by atomic mass is 9.94. The van der Waals surface area contributed by atoms with Gasteiger partial charge in [0.25, 0.3) is 0 Å². The average molecular weight is 455 g/mol. The second-order valence-corrected chi connectivity index (χ2v) is 8.83. The van der Waals surface area contributed by atoms with E-state index in [4.69, 9.17) is 5.26 Å². The Labute approximate surface area is 188 Å². The maximum Gasteiger partial charge on any atom is 0.331 e. The van der Waals surface area contributed by atoms with Crippen molar-refractivity contribution >= 4 is 22.7 Å². The van der Waals surface area contributed by atoms with Crippen LogP contribution in [-0.2, 0) is 11.0 Å². The van der Waals surface area contributed by atoms with Crippen molar-refractivity contribution in [3.8, 4) is 17.2 Å². The van der Waals surface area contributed by atoms with E-state index in [1.807, 2.05) is 33.8 Å². The van der Waals surface area contributed by atoms with E-state index in [-0.39, 0.29) is 22.7 Å². The molecule has 0 radical (unpaired) electrons. The smallest absolute Gasteiger partial charge is 0.306 e. The molecule has 10 heteroatoms. The monoisotopic (exact) mass is 454 g/mol. The number of nitrogens with zero attached hydrogens (tertiary/aromatic N) is 4. The lowest BCUT2D eigenvalue weighted by molar-refractivity contribution is 0.257. The van der Waals surface area contributed by atoms with Crippen LogP contribution in [0.2, 0.25) is 0 Å². The number of rotatable bonds is 6. The Morgan fingerprint density at radius 3 is 2.59 bits per heavy atom. The number of nitriles is 1. The van der Waals surface area contributed by atoms with Gasteiger partial charge in [-0.2, -0.15) is 10.4 Å². The van der Waals surface area contributed by atoms with Gasteiger partial charge < -0.3 is 5.32 Å². The number of nitrogens with one attached hydrogen (secondary N) is 2. The first kappa shape index (κ1) is 23.1. The molecule has 2 heterocycles. The highest BCUT2D eigenvalue weighted by molar-refractivity contribution is 7.83. The number of benzene rings is 1. The molecule has 32 heavy (non-hydrogen) atoms. The topological polar surface area (TPSA) is 113 Å². The van der Waals surface area contributed by atoms with Gasteiger partial charge >= 0.3 is 6.03 Å². The second-order valence-electron chi connectivity index (χ2n) is 7.67. The molecule has 0 aliphatic carbocycles. The molecule has 0 spiro atoms. The van der Waals surface area contributed by atoms with Crippen LogP contribution in [0.4, 0.5) is 14.9 Å². The number of carbonyl (C=O) groups excluding carboxylic acids is 1. The van der Waals surface area contributed by atoms with E-state index < -0.39 is 22.8 Å². The Balaban J connectivity index is 1.94. The first-order chi connectivity index (χ1) is 15.2. The van der Waals surface area contributed by atoms with Crippen LogP contribution in [0.15, 0.2) is 47.8 Å². The second kappa shape index (κ2) is 9.70. The molecule has 2 amide bonds. The molecule has 1 atom stereocenters. The van der Waals surface area contributed by atoms with Gasteiger partial charge in [-0.3, -0.25) is 9.40 Å². The van der Waals surface area contributed by atoms with E-state index in [1.165, 1.54) is 24.4 Å². The van der Waals surface area contributed by atoms with Crippen LogP contribution in [0.1, 0.15) is 50.9 Å². The van der Waals surface area contributed by atoms with E-state index in [0.29, 0.717) is 22.4 Å². The Hall–Kier alpha value is -3.58. The van der Waals surface area contributed by atoms with Crippen LogP contribution in [-0.4, -0.2) is 25.0 Å². The molecule has 0 fully saturated rings. The van der Waals surface area contributed by atoms with E-state index in [2.05, 4.69) is 20.1 Å². The molecule has 8 nitrogen and oxygen atoms in total. The fourth-order valence-corrected chi connectivity index (χ4v) is 3.77. The van der Waals surface area contributed by atoms with Crippen molar-refractivity contribution in [1.29, 1.82) is 5.26 Å². The number of halogens is 1. The summed E-state index contributed by atoms with van der Waals surface area (Å²) in [6.07, 6.45) is 3.13. The average Bonchev–Trinajstić information content (AvgIpc) is 3.25. The minimum atomic E-state index is -1.88. The highest BCUT2D eigenvalue weighted by Crippen LogP contribution is 2.36. The van der Waals surface area contributed by atoms with Crippen molar-refractivity contribution in [1.82, 2.24) is 19.5 Å². The van der Waals surface area contributed by atoms with Crippen molar-refractivity contribution in [2.24, 2.45) is 0 Å². The normalized spacial score (nSPS) is 11.9. The zero-order valence-electron chi connectivity index (χ0n) is 18.1. The molecule has 3 rings (SSSR count). The van der Waals surface area contributed by atoms with Gasteiger partial charge in [0.05, 0.1) is 5.69 Å². The third kappa shape index (κ3) is 5.18. The lowest BCUT2D eigenvalue weighted by Gasteiger charge is -2.19. The van der Waals surface area contributed by atoms with Gasteiger partial charge in [0, 0.05) is 24.0 Å². The van der Waals surface area contributed by atoms with Crippen LogP contribution >= 0.6 is 0 Å². The number of anilines is 1. The summed E-state index contributed by atoms with van der Waals surface area (Å²) >= 11 is 0. The molecule has 1 aromatic carbocycles. The van der Waals surface area contributed by atoms with Gasteiger partial charge in [0.1, 0.15) is 17.6 Å². The Kier molecular flexibility index (Phi) is 7.00. The summed E-state index contributed by atoms with van der Waals surface area (Å²) in [4.78, 5) is 16.6. The van der Waals surface area contributed by atoms with Crippen LogP contribution in [0.3, 0.4) is 0 Å². The molecule has 2 N–H and O–H groups in total. The molecule has 0 bridgehead atoms. The number of urea groups is 1. The van der Waals surface area contributed by atoms with Crippen molar-refractivity contribution in [3.05, 3.63) is 59.8 Å². The summed E-state index contributed by atoms with van der Waals surface area (Å²) in [5.74, 6) is -0.600. The molecule has 0 saturated heterocycles. The van der Waals surface area contributed by atoms with E-state index in [9.17, 15) is 13.4 Å². The molecule has 166 valence electrons. The standard InChI is InChI=1S/C22H23FN6O2S/c1-13(2)18-10-16(23)11-19(15-5-7-25-17(9-15)12-24)21(18)26-22(30)28-32(31)20-6-8-29(27-20)14(3)4/h5-11,13-14H,1-4H3,(H2,26,28,30). The summed E-state index contributed by atoms with van der Waals surface area (Å²) in [7, 11) is -1.88. The Bertz CT molecular complexity index is 1220. The maximum absolute atomic E-state index is 14.4. The van der Waals surface area contributed by atoms with E-state index in [1.54, 1.807) is 23.0 Å². The highest BCUT2D eigenvalue weighted by Gasteiger charge is 2.20. The summed E-state index contributed by atoms with van der Waals surface area (Å²) in [5.41, 5.74) is 1.98. The predicted molar refractivity (Wildman–Crippen MR) is 120 cm³/mol. The van der Waals surface area contributed by atoms with Gasteiger partial charge in [-0.15, -0.1) is 0 Å². The zero-order chi connectivity index (χ0) is 23.4. The number of carbonyl (C=O) groups is 1. The molecule has 0 saturated carbocycles. The Morgan fingerprint density at radius 2 is 1.97 bits per heavy atom. The van der Waals surface area contributed by atoms with E-state index in [0.717, 1.165) is 0 Å². The minimum absolute atomic E-state index is 0.0867. The SMILES string of the molecule is CC(C)c1cc(F)cc(-c2ccnc(C#N)c2)c1NC(=O)NS(=O)c1ccn(C(C)C)n1.